The SMILES string of the molecule is CC(C1CCC(CO)CC1)S(N)(=O)=O. The molecule has 1 unspecified atom stereocenters. The molecular weight excluding hydrogens is 202 g/mol. The summed E-state index contributed by atoms with van der Waals surface area (Å²) in [4.78, 5) is 0. The molecule has 5 heteroatoms. The zero-order chi connectivity index (χ0) is 10.8. The molecule has 0 amide bonds. The molecular formula is C9H19NO3S. The van der Waals surface area contributed by atoms with Gasteiger partial charge in [-0.25, -0.2) is 13.6 Å². The molecule has 1 rings (SSSR count). The molecule has 3 N–H and O–H groups in total. The van der Waals surface area contributed by atoms with Crippen molar-refractivity contribution in [3.8, 4) is 0 Å². The molecule has 0 aliphatic heterocycles. The lowest BCUT2D eigenvalue weighted by molar-refractivity contribution is 0.166. The third kappa shape index (κ3) is 2.93. The molecule has 0 heterocycles. The Bertz CT molecular complexity index is 268. The number of primary sulfonamides is 1. The second-order valence-corrected chi connectivity index (χ2v) is 6.18. The average Bonchev–Trinajstić information content (AvgIpc) is 2.15. The third-order valence-corrected chi connectivity index (χ3v) is 4.75. The number of nitrogens with two attached hydrogens (primary N) is 1. The molecule has 0 radical (unpaired) electrons. The Morgan fingerprint density at radius 2 is 1.86 bits per heavy atom. The van der Waals surface area contributed by atoms with E-state index in [2.05, 4.69) is 0 Å². The quantitative estimate of drug-likeness (QED) is 0.726. The summed E-state index contributed by atoms with van der Waals surface area (Å²) < 4.78 is 22.2. The first-order valence-corrected chi connectivity index (χ1v) is 6.68. The van der Waals surface area contributed by atoms with Gasteiger partial charge in [0.2, 0.25) is 10.0 Å². The van der Waals surface area contributed by atoms with Gasteiger partial charge >= 0.3 is 0 Å². The van der Waals surface area contributed by atoms with Gasteiger partial charge in [0, 0.05) is 6.61 Å². The smallest absolute Gasteiger partial charge is 0.211 e. The largest absolute Gasteiger partial charge is 0.396 e. The Hall–Kier alpha value is -0.130. The number of hydrogen-bond donors (Lipinski definition) is 2. The van der Waals surface area contributed by atoms with E-state index in [1.165, 1.54) is 0 Å². The molecule has 1 atom stereocenters. The van der Waals surface area contributed by atoms with Crippen molar-refractivity contribution in [2.45, 2.75) is 37.9 Å². The topological polar surface area (TPSA) is 80.4 Å². The summed E-state index contributed by atoms with van der Waals surface area (Å²) in [7, 11) is -3.39. The van der Waals surface area contributed by atoms with E-state index in [4.69, 9.17) is 10.2 Å². The Balaban J connectivity index is 2.50. The first kappa shape index (κ1) is 11.9. The van der Waals surface area contributed by atoms with Gasteiger partial charge in [0.15, 0.2) is 0 Å². The zero-order valence-electron chi connectivity index (χ0n) is 8.52. The molecule has 1 aliphatic rings. The maximum atomic E-state index is 11.1. The van der Waals surface area contributed by atoms with Gasteiger partial charge in [-0.15, -0.1) is 0 Å². The Morgan fingerprint density at radius 3 is 2.21 bits per heavy atom. The minimum Gasteiger partial charge on any atom is -0.396 e. The standard InChI is InChI=1S/C9H19NO3S/c1-7(14(10,12)13)9-4-2-8(6-11)3-5-9/h7-9,11H,2-6H2,1H3,(H2,10,12,13). The van der Waals surface area contributed by atoms with Gasteiger partial charge in [0.1, 0.15) is 0 Å². The molecule has 0 aromatic rings. The van der Waals surface area contributed by atoms with Gasteiger partial charge in [-0.3, -0.25) is 0 Å². The van der Waals surface area contributed by atoms with E-state index in [0.29, 0.717) is 5.92 Å². The number of sulfonamides is 1. The maximum absolute atomic E-state index is 11.1. The molecule has 1 fully saturated rings. The van der Waals surface area contributed by atoms with Crippen molar-refractivity contribution in [2.75, 3.05) is 6.61 Å². The van der Waals surface area contributed by atoms with Crippen molar-refractivity contribution >= 4 is 10.0 Å². The molecule has 84 valence electrons. The number of aliphatic hydroxyl groups excluding tert-OH is 1. The lowest BCUT2D eigenvalue weighted by Crippen LogP contribution is -2.35. The van der Waals surface area contributed by atoms with Crippen LogP contribution in [0.2, 0.25) is 0 Å². The summed E-state index contributed by atoms with van der Waals surface area (Å²) in [6.07, 6.45) is 3.56. The molecule has 0 bridgehead atoms. The molecule has 0 aromatic carbocycles. The highest BCUT2D eigenvalue weighted by Gasteiger charge is 2.30. The van der Waals surface area contributed by atoms with Gasteiger partial charge in [0.05, 0.1) is 5.25 Å². The fourth-order valence-corrected chi connectivity index (χ4v) is 2.92. The molecule has 0 spiro atoms. The summed E-state index contributed by atoms with van der Waals surface area (Å²) in [6.45, 7) is 1.90. The van der Waals surface area contributed by atoms with E-state index >= 15 is 0 Å². The van der Waals surface area contributed by atoms with Crippen molar-refractivity contribution < 1.29 is 13.5 Å². The Labute approximate surface area is 85.5 Å². The van der Waals surface area contributed by atoms with Crippen LogP contribution in [0.4, 0.5) is 0 Å². The van der Waals surface area contributed by atoms with Crippen molar-refractivity contribution in [1.82, 2.24) is 0 Å². The maximum Gasteiger partial charge on any atom is 0.211 e. The summed E-state index contributed by atoms with van der Waals surface area (Å²) in [5.41, 5.74) is 0. The van der Waals surface area contributed by atoms with E-state index in [0.717, 1.165) is 25.7 Å². The van der Waals surface area contributed by atoms with Crippen LogP contribution in [0, 0.1) is 11.8 Å². The molecule has 0 saturated heterocycles. The normalized spacial score (nSPS) is 31.4. The van der Waals surface area contributed by atoms with Crippen LogP contribution in [0.3, 0.4) is 0 Å². The van der Waals surface area contributed by atoms with Gasteiger partial charge in [-0.1, -0.05) is 0 Å². The predicted octanol–water partition coefficient (Wildman–Crippen LogP) is 0.462. The van der Waals surface area contributed by atoms with Crippen LogP contribution < -0.4 is 5.14 Å². The minimum atomic E-state index is -3.39. The summed E-state index contributed by atoms with van der Waals surface area (Å²) in [5, 5.41) is 13.6. The van der Waals surface area contributed by atoms with Crippen molar-refractivity contribution in [3.63, 3.8) is 0 Å². The van der Waals surface area contributed by atoms with Gasteiger partial charge < -0.3 is 5.11 Å². The fourth-order valence-electron chi connectivity index (χ4n) is 2.11. The summed E-state index contributed by atoms with van der Waals surface area (Å²) >= 11 is 0. The Kier molecular flexibility index (Phi) is 3.92. The van der Waals surface area contributed by atoms with Gasteiger partial charge in [-0.05, 0) is 44.4 Å². The first-order valence-electron chi connectivity index (χ1n) is 5.07. The molecule has 4 nitrogen and oxygen atoms in total. The van der Waals surface area contributed by atoms with E-state index in [9.17, 15) is 8.42 Å². The predicted molar refractivity (Wildman–Crippen MR) is 55.1 cm³/mol. The average molecular weight is 221 g/mol. The third-order valence-electron chi connectivity index (χ3n) is 3.33. The zero-order valence-corrected chi connectivity index (χ0v) is 9.33. The lowest BCUT2D eigenvalue weighted by Gasteiger charge is -2.30. The summed E-state index contributed by atoms with van der Waals surface area (Å²) in [5.74, 6) is 0.534. The van der Waals surface area contributed by atoms with Crippen LogP contribution in [-0.2, 0) is 10.0 Å². The number of rotatable bonds is 3. The van der Waals surface area contributed by atoms with E-state index in [-0.39, 0.29) is 12.5 Å². The highest BCUT2D eigenvalue weighted by Crippen LogP contribution is 2.32. The first-order chi connectivity index (χ1) is 6.45. The van der Waals surface area contributed by atoms with Crippen LogP contribution in [-0.4, -0.2) is 25.4 Å². The van der Waals surface area contributed by atoms with Gasteiger partial charge in [0.25, 0.3) is 0 Å². The molecule has 0 aromatic heterocycles. The van der Waals surface area contributed by atoms with Crippen molar-refractivity contribution in [1.29, 1.82) is 0 Å². The summed E-state index contributed by atoms with van der Waals surface area (Å²) in [6, 6.07) is 0. The molecule has 1 saturated carbocycles. The van der Waals surface area contributed by atoms with Crippen LogP contribution in [0.1, 0.15) is 32.6 Å². The highest BCUT2D eigenvalue weighted by atomic mass is 32.2. The van der Waals surface area contributed by atoms with E-state index in [1.807, 2.05) is 0 Å². The van der Waals surface area contributed by atoms with E-state index in [1.54, 1.807) is 6.92 Å². The van der Waals surface area contributed by atoms with Crippen LogP contribution in [0.25, 0.3) is 0 Å². The second-order valence-electron chi connectivity index (χ2n) is 4.26. The second kappa shape index (κ2) is 4.59. The fraction of sp³-hybridized carbons (Fsp3) is 1.00. The number of hydrogen-bond acceptors (Lipinski definition) is 3. The van der Waals surface area contributed by atoms with Gasteiger partial charge in [-0.2, -0.15) is 0 Å². The molecule has 14 heavy (non-hydrogen) atoms. The number of aliphatic hydroxyl groups is 1. The van der Waals surface area contributed by atoms with Crippen LogP contribution in [0.15, 0.2) is 0 Å². The van der Waals surface area contributed by atoms with Crippen LogP contribution in [0.5, 0.6) is 0 Å². The molecule has 1 aliphatic carbocycles. The van der Waals surface area contributed by atoms with E-state index < -0.39 is 15.3 Å². The highest BCUT2D eigenvalue weighted by molar-refractivity contribution is 7.89. The van der Waals surface area contributed by atoms with Crippen molar-refractivity contribution in [2.24, 2.45) is 17.0 Å². The minimum absolute atomic E-state index is 0.174. The van der Waals surface area contributed by atoms with Crippen LogP contribution >= 0.6 is 0 Å². The van der Waals surface area contributed by atoms with Crippen molar-refractivity contribution in [3.05, 3.63) is 0 Å². The Morgan fingerprint density at radius 1 is 1.36 bits per heavy atom. The lowest BCUT2D eigenvalue weighted by atomic mass is 9.81. The monoisotopic (exact) mass is 221 g/mol.